The number of urea groups is 1. The standard InChI is InChI=1S/C4H6N2O2S.C2H6/c1-6-3(9)2(7)5-4(6)8;1-2/h3,9H,1H3,(H,5,7,8);1-2H3. The molecule has 3 amide bonds. The molecule has 0 aromatic rings. The fourth-order valence-corrected chi connectivity index (χ4v) is 0.714. The molecule has 0 radical (unpaired) electrons. The first-order valence-electron chi connectivity index (χ1n) is 3.38. The predicted octanol–water partition coefficient (Wildman–Crippen LogP) is 0.450. The number of rotatable bonds is 0. The van der Waals surface area contributed by atoms with E-state index in [1.165, 1.54) is 11.9 Å². The van der Waals surface area contributed by atoms with Crippen LogP contribution in [0.4, 0.5) is 4.79 Å². The molecule has 1 N–H and O–H groups in total. The molecule has 1 fully saturated rings. The maximum Gasteiger partial charge on any atom is 0.325 e. The number of nitrogens with zero attached hydrogens (tertiary/aromatic N) is 1. The summed E-state index contributed by atoms with van der Waals surface area (Å²) < 4.78 is 0. The maximum atomic E-state index is 10.5. The molecule has 1 atom stereocenters. The largest absolute Gasteiger partial charge is 0.325 e. The van der Waals surface area contributed by atoms with E-state index in [1.807, 2.05) is 13.8 Å². The van der Waals surface area contributed by atoms with Crippen LogP contribution >= 0.6 is 12.6 Å². The molecule has 11 heavy (non-hydrogen) atoms. The van der Waals surface area contributed by atoms with Gasteiger partial charge in [0.25, 0.3) is 5.91 Å². The summed E-state index contributed by atoms with van der Waals surface area (Å²) in [5, 5.41) is 1.47. The van der Waals surface area contributed by atoms with Crippen molar-refractivity contribution in [3.05, 3.63) is 0 Å². The third-order valence-electron chi connectivity index (χ3n) is 1.15. The van der Waals surface area contributed by atoms with Crippen LogP contribution in [0, 0.1) is 0 Å². The molecule has 0 aliphatic carbocycles. The molecule has 4 nitrogen and oxygen atoms in total. The monoisotopic (exact) mass is 176 g/mol. The molecular weight excluding hydrogens is 164 g/mol. The van der Waals surface area contributed by atoms with Gasteiger partial charge in [0, 0.05) is 7.05 Å². The van der Waals surface area contributed by atoms with Crippen molar-refractivity contribution in [1.82, 2.24) is 10.2 Å². The number of imide groups is 1. The topological polar surface area (TPSA) is 49.4 Å². The second kappa shape index (κ2) is 4.23. The third-order valence-corrected chi connectivity index (χ3v) is 1.73. The van der Waals surface area contributed by atoms with Crippen molar-refractivity contribution < 1.29 is 9.59 Å². The van der Waals surface area contributed by atoms with Crippen molar-refractivity contribution in [2.45, 2.75) is 19.2 Å². The number of nitrogens with one attached hydrogen (secondary N) is 1. The zero-order valence-electron chi connectivity index (χ0n) is 6.79. The highest BCUT2D eigenvalue weighted by atomic mass is 32.1. The highest BCUT2D eigenvalue weighted by Gasteiger charge is 2.32. The summed E-state index contributed by atoms with van der Waals surface area (Å²) in [6, 6.07) is -0.389. The fourth-order valence-electron chi connectivity index (χ4n) is 0.545. The molecule has 1 unspecified atom stereocenters. The number of carbonyl (C=O) groups excluding carboxylic acids is 2. The number of hydrogen-bond donors (Lipinski definition) is 2. The summed E-state index contributed by atoms with van der Waals surface area (Å²) in [7, 11) is 1.51. The van der Waals surface area contributed by atoms with Gasteiger partial charge >= 0.3 is 6.03 Å². The van der Waals surface area contributed by atoms with E-state index in [4.69, 9.17) is 0 Å². The predicted molar refractivity (Wildman–Crippen MR) is 45.4 cm³/mol. The Morgan fingerprint density at radius 2 is 1.91 bits per heavy atom. The molecular formula is C6H12N2O2S. The zero-order valence-corrected chi connectivity index (χ0v) is 7.68. The van der Waals surface area contributed by atoms with Gasteiger partial charge in [0.15, 0.2) is 5.37 Å². The molecule has 0 saturated carbocycles. The van der Waals surface area contributed by atoms with E-state index in [1.54, 1.807) is 0 Å². The minimum absolute atomic E-state index is 0.356. The molecule has 0 spiro atoms. The van der Waals surface area contributed by atoms with E-state index in [0.29, 0.717) is 0 Å². The van der Waals surface area contributed by atoms with Crippen molar-refractivity contribution in [3.8, 4) is 0 Å². The van der Waals surface area contributed by atoms with E-state index in [0.717, 1.165) is 0 Å². The normalized spacial score (nSPS) is 22.5. The summed E-state index contributed by atoms with van der Waals surface area (Å²) in [6.45, 7) is 4.00. The van der Waals surface area contributed by atoms with E-state index in [-0.39, 0.29) is 11.9 Å². The van der Waals surface area contributed by atoms with Crippen molar-refractivity contribution >= 4 is 24.6 Å². The number of likely N-dealkylation sites (N-methyl/N-ethyl adjacent to an activating group) is 1. The van der Waals surface area contributed by atoms with E-state index < -0.39 is 5.37 Å². The second-order valence-corrected chi connectivity index (χ2v) is 2.27. The lowest BCUT2D eigenvalue weighted by Gasteiger charge is -2.08. The summed E-state index contributed by atoms with van der Waals surface area (Å²) in [5.74, 6) is -0.356. The molecule has 1 heterocycles. The Morgan fingerprint density at radius 3 is 2.00 bits per heavy atom. The molecule has 0 bridgehead atoms. The van der Waals surface area contributed by atoms with Crippen LogP contribution in [0.5, 0.6) is 0 Å². The minimum atomic E-state index is -0.613. The Bertz CT molecular complexity index is 154. The van der Waals surface area contributed by atoms with Crippen LogP contribution in [0.3, 0.4) is 0 Å². The molecule has 1 aliphatic rings. The van der Waals surface area contributed by atoms with Crippen LogP contribution in [0.2, 0.25) is 0 Å². The molecule has 64 valence electrons. The second-order valence-electron chi connectivity index (χ2n) is 1.78. The molecule has 1 saturated heterocycles. The smallest absolute Gasteiger partial charge is 0.307 e. The Morgan fingerprint density at radius 1 is 1.45 bits per heavy atom. The van der Waals surface area contributed by atoms with Crippen molar-refractivity contribution in [2.75, 3.05) is 7.05 Å². The molecule has 1 aliphatic heterocycles. The van der Waals surface area contributed by atoms with Gasteiger partial charge in [0.2, 0.25) is 0 Å². The first-order valence-corrected chi connectivity index (χ1v) is 3.90. The molecule has 0 aromatic carbocycles. The summed E-state index contributed by atoms with van der Waals surface area (Å²) in [5.41, 5.74) is 0. The number of thiol groups is 1. The van der Waals surface area contributed by atoms with Crippen LogP contribution in [-0.4, -0.2) is 29.3 Å². The summed E-state index contributed by atoms with van der Waals surface area (Å²) in [6.07, 6.45) is 0. The lowest BCUT2D eigenvalue weighted by molar-refractivity contribution is -0.119. The lowest BCUT2D eigenvalue weighted by Crippen LogP contribution is -2.26. The van der Waals surface area contributed by atoms with Gasteiger partial charge in [-0.1, -0.05) is 13.8 Å². The van der Waals surface area contributed by atoms with Crippen LogP contribution < -0.4 is 5.32 Å². The van der Waals surface area contributed by atoms with Gasteiger partial charge in [-0.25, -0.2) is 4.79 Å². The van der Waals surface area contributed by atoms with Gasteiger partial charge in [-0.05, 0) is 0 Å². The first kappa shape index (κ1) is 10.3. The third kappa shape index (κ3) is 2.11. The van der Waals surface area contributed by atoms with E-state index in [2.05, 4.69) is 17.9 Å². The Kier molecular flexibility index (Phi) is 3.95. The molecule has 0 aromatic heterocycles. The Balaban J connectivity index is 0.000000461. The van der Waals surface area contributed by atoms with Gasteiger partial charge in [-0.3, -0.25) is 10.1 Å². The van der Waals surface area contributed by atoms with Crippen molar-refractivity contribution in [2.24, 2.45) is 0 Å². The maximum absolute atomic E-state index is 10.5. The summed E-state index contributed by atoms with van der Waals surface area (Å²) >= 11 is 3.83. The van der Waals surface area contributed by atoms with Gasteiger partial charge in [0.05, 0.1) is 0 Å². The van der Waals surface area contributed by atoms with E-state index in [9.17, 15) is 9.59 Å². The van der Waals surface area contributed by atoms with Crippen LogP contribution in [-0.2, 0) is 4.79 Å². The van der Waals surface area contributed by atoms with Crippen molar-refractivity contribution in [1.29, 1.82) is 0 Å². The zero-order chi connectivity index (χ0) is 9.02. The number of carbonyl (C=O) groups is 2. The lowest BCUT2D eigenvalue weighted by atomic mass is 10.6. The number of amides is 3. The Labute approximate surface area is 71.4 Å². The minimum Gasteiger partial charge on any atom is -0.307 e. The first-order chi connectivity index (χ1) is 5.13. The average molecular weight is 176 g/mol. The highest BCUT2D eigenvalue weighted by molar-refractivity contribution is 7.81. The van der Waals surface area contributed by atoms with Crippen LogP contribution in [0.15, 0.2) is 0 Å². The van der Waals surface area contributed by atoms with Crippen LogP contribution in [0.1, 0.15) is 13.8 Å². The SMILES string of the molecule is CC.CN1C(=O)NC(=O)C1S. The fraction of sp³-hybridized carbons (Fsp3) is 0.667. The van der Waals surface area contributed by atoms with Gasteiger partial charge in [-0.2, -0.15) is 0 Å². The average Bonchev–Trinajstić information content (AvgIpc) is 2.22. The van der Waals surface area contributed by atoms with Gasteiger partial charge < -0.3 is 4.90 Å². The van der Waals surface area contributed by atoms with Gasteiger partial charge in [-0.15, -0.1) is 12.6 Å². The Hall–Kier alpha value is -0.710. The van der Waals surface area contributed by atoms with Gasteiger partial charge in [0.1, 0.15) is 0 Å². The molecule has 1 rings (SSSR count). The van der Waals surface area contributed by atoms with E-state index >= 15 is 0 Å². The molecule has 5 heteroatoms. The number of hydrogen-bond acceptors (Lipinski definition) is 3. The summed E-state index contributed by atoms with van der Waals surface area (Å²) in [4.78, 5) is 22.3. The van der Waals surface area contributed by atoms with Crippen molar-refractivity contribution in [3.63, 3.8) is 0 Å². The quantitative estimate of drug-likeness (QED) is 0.416. The highest BCUT2D eigenvalue weighted by Crippen LogP contribution is 2.07. The van der Waals surface area contributed by atoms with Crippen LogP contribution in [0.25, 0.3) is 0 Å².